The third-order valence-electron chi connectivity index (χ3n) is 4.50. The number of fused-ring (bicyclic) bond motifs is 1. The van der Waals surface area contributed by atoms with Gasteiger partial charge >= 0.3 is 6.03 Å². The molecule has 4 rings (SSSR count). The highest BCUT2D eigenvalue weighted by Gasteiger charge is 2.12. The smallest absolute Gasteiger partial charge is 0.320 e. The van der Waals surface area contributed by atoms with E-state index in [9.17, 15) is 9.18 Å². The Morgan fingerprint density at radius 1 is 1.24 bits per heavy atom. The molecule has 148 valence electrons. The predicted octanol–water partition coefficient (Wildman–Crippen LogP) is 4.80. The maximum absolute atomic E-state index is 13.7. The van der Waals surface area contributed by atoms with E-state index in [0.29, 0.717) is 23.7 Å². The van der Waals surface area contributed by atoms with E-state index in [0.717, 1.165) is 22.9 Å². The van der Waals surface area contributed by atoms with Crippen LogP contribution in [-0.4, -0.2) is 29.9 Å². The van der Waals surface area contributed by atoms with Crippen LogP contribution >= 0.6 is 11.3 Å². The number of thiophene rings is 1. The number of carbonyl (C=O) groups excluding carboxylic acids is 1. The van der Waals surface area contributed by atoms with Crippen LogP contribution < -0.4 is 15.4 Å². The molecule has 2 heterocycles. The molecule has 0 saturated heterocycles. The van der Waals surface area contributed by atoms with Gasteiger partial charge in [-0.05, 0) is 53.8 Å². The standard InChI is InChI=1S/C21H19FN4O2S/c1-28-19-7-5-14(22)12-17(19)13-4-6-16-18(11-13)25-26-20(16)24-21(27)23-9-8-15-3-2-10-29-15/h2-7,10-12H,8-9H2,1H3,(H3,23,24,25,26,27). The monoisotopic (exact) mass is 410 g/mol. The summed E-state index contributed by atoms with van der Waals surface area (Å²) in [5, 5.41) is 15.5. The molecule has 0 unspecified atom stereocenters. The van der Waals surface area contributed by atoms with Crippen LogP contribution in [0.1, 0.15) is 4.88 Å². The molecule has 0 bridgehead atoms. The van der Waals surface area contributed by atoms with Crippen LogP contribution in [0.2, 0.25) is 0 Å². The zero-order valence-electron chi connectivity index (χ0n) is 15.7. The van der Waals surface area contributed by atoms with Gasteiger partial charge in [-0.15, -0.1) is 11.3 Å². The van der Waals surface area contributed by atoms with Crippen molar-refractivity contribution in [1.29, 1.82) is 0 Å². The van der Waals surface area contributed by atoms with Crippen LogP contribution in [0.25, 0.3) is 22.0 Å². The summed E-state index contributed by atoms with van der Waals surface area (Å²) < 4.78 is 19.0. The van der Waals surface area contributed by atoms with Gasteiger partial charge in [-0.1, -0.05) is 12.1 Å². The van der Waals surface area contributed by atoms with Crippen molar-refractivity contribution in [1.82, 2.24) is 15.5 Å². The second-order valence-corrected chi connectivity index (χ2v) is 7.42. The summed E-state index contributed by atoms with van der Waals surface area (Å²) in [6.07, 6.45) is 0.783. The first-order valence-electron chi connectivity index (χ1n) is 9.03. The molecule has 0 saturated carbocycles. The van der Waals surface area contributed by atoms with Crippen LogP contribution in [0.5, 0.6) is 5.75 Å². The first kappa shape index (κ1) is 18.9. The van der Waals surface area contributed by atoms with E-state index >= 15 is 0 Å². The van der Waals surface area contributed by atoms with E-state index in [2.05, 4.69) is 20.8 Å². The van der Waals surface area contributed by atoms with Crippen molar-refractivity contribution < 1.29 is 13.9 Å². The average Bonchev–Trinajstić information content (AvgIpc) is 3.38. The fourth-order valence-electron chi connectivity index (χ4n) is 3.09. The SMILES string of the molecule is COc1ccc(F)cc1-c1ccc2c(NC(=O)NCCc3cccs3)n[nH]c2c1. The molecule has 0 spiro atoms. The lowest BCUT2D eigenvalue weighted by atomic mass is 10.0. The lowest BCUT2D eigenvalue weighted by molar-refractivity contribution is 0.252. The Labute approximate surface area is 170 Å². The fourth-order valence-corrected chi connectivity index (χ4v) is 3.80. The first-order valence-corrected chi connectivity index (χ1v) is 9.91. The van der Waals surface area contributed by atoms with E-state index in [1.807, 2.05) is 35.7 Å². The van der Waals surface area contributed by atoms with Crippen molar-refractivity contribution in [3.8, 4) is 16.9 Å². The molecule has 0 aliphatic rings. The number of methoxy groups -OCH3 is 1. The summed E-state index contributed by atoms with van der Waals surface area (Å²) in [6.45, 7) is 0.540. The number of benzene rings is 2. The molecule has 29 heavy (non-hydrogen) atoms. The quantitative estimate of drug-likeness (QED) is 0.427. The number of amides is 2. The van der Waals surface area contributed by atoms with Gasteiger partial charge in [0, 0.05) is 22.4 Å². The van der Waals surface area contributed by atoms with Gasteiger partial charge in [0.05, 0.1) is 12.6 Å². The number of aromatic amines is 1. The Balaban J connectivity index is 1.48. The Kier molecular flexibility index (Phi) is 5.44. The second kappa shape index (κ2) is 8.32. The van der Waals surface area contributed by atoms with Gasteiger partial charge in [-0.3, -0.25) is 10.4 Å². The highest BCUT2D eigenvalue weighted by molar-refractivity contribution is 7.09. The maximum atomic E-state index is 13.7. The van der Waals surface area contributed by atoms with Crippen LogP contribution in [0.3, 0.4) is 0 Å². The molecule has 0 atom stereocenters. The fraction of sp³-hybridized carbons (Fsp3) is 0.143. The highest BCUT2D eigenvalue weighted by atomic mass is 32.1. The van der Waals surface area contributed by atoms with Gasteiger partial charge in [0.2, 0.25) is 0 Å². The number of aromatic nitrogens is 2. The number of anilines is 1. The van der Waals surface area contributed by atoms with E-state index in [1.165, 1.54) is 17.0 Å². The van der Waals surface area contributed by atoms with Crippen LogP contribution in [0.4, 0.5) is 15.0 Å². The number of halogens is 1. The van der Waals surface area contributed by atoms with Crippen molar-refractivity contribution >= 4 is 34.1 Å². The molecular weight excluding hydrogens is 391 g/mol. The average molecular weight is 410 g/mol. The topological polar surface area (TPSA) is 79.0 Å². The number of urea groups is 1. The normalized spacial score (nSPS) is 10.8. The molecule has 6 nitrogen and oxygen atoms in total. The third-order valence-corrected chi connectivity index (χ3v) is 5.44. The number of hydrogen-bond donors (Lipinski definition) is 3. The minimum Gasteiger partial charge on any atom is -0.496 e. The summed E-state index contributed by atoms with van der Waals surface area (Å²) >= 11 is 1.66. The Hall–Kier alpha value is -3.39. The van der Waals surface area contributed by atoms with Gasteiger partial charge in [0.1, 0.15) is 11.6 Å². The van der Waals surface area contributed by atoms with Crippen LogP contribution in [0, 0.1) is 5.82 Å². The van der Waals surface area contributed by atoms with E-state index in [4.69, 9.17) is 4.74 Å². The zero-order chi connectivity index (χ0) is 20.2. The van der Waals surface area contributed by atoms with E-state index in [1.54, 1.807) is 24.5 Å². The van der Waals surface area contributed by atoms with Gasteiger partial charge < -0.3 is 10.1 Å². The van der Waals surface area contributed by atoms with Crippen molar-refractivity contribution in [2.24, 2.45) is 0 Å². The highest BCUT2D eigenvalue weighted by Crippen LogP contribution is 2.33. The molecule has 4 aromatic rings. The maximum Gasteiger partial charge on any atom is 0.320 e. The Bertz CT molecular complexity index is 1140. The molecule has 0 aliphatic heterocycles. The van der Waals surface area contributed by atoms with E-state index < -0.39 is 0 Å². The Morgan fingerprint density at radius 2 is 2.14 bits per heavy atom. The first-order chi connectivity index (χ1) is 14.1. The molecular formula is C21H19FN4O2S. The molecule has 2 aromatic carbocycles. The number of carbonyl (C=O) groups is 1. The lowest BCUT2D eigenvalue weighted by Crippen LogP contribution is -2.30. The summed E-state index contributed by atoms with van der Waals surface area (Å²) in [4.78, 5) is 13.4. The van der Waals surface area contributed by atoms with Crippen molar-refractivity contribution in [2.75, 3.05) is 19.0 Å². The molecule has 2 amide bonds. The molecule has 3 N–H and O–H groups in total. The molecule has 8 heteroatoms. The van der Waals surface area contributed by atoms with Crippen molar-refractivity contribution in [2.45, 2.75) is 6.42 Å². The molecule has 0 fully saturated rings. The number of nitrogens with zero attached hydrogens (tertiary/aromatic N) is 1. The summed E-state index contributed by atoms with van der Waals surface area (Å²) in [5.41, 5.74) is 2.15. The van der Waals surface area contributed by atoms with Gasteiger partial charge in [0.15, 0.2) is 5.82 Å². The third kappa shape index (κ3) is 4.22. The minimum absolute atomic E-state index is 0.314. The second-order valence-electron chi connectivity index (χ2n) is 6.39. The van der Waals surface area contributed by atoms with Crippen LogP contribution in [-0.2, 0) is 6.42 Å². The number of nitrogens with one attached hydrogen (secondary N) is 3. The molecule has 0 aliphatic carbocycles. The number of hydrogen-bond acceptors (Lipinski definition) is 4. The largest absolute Gasteiger partial charge is 0.496 e. The van der Waals surface area contributed by atoms with Crippen molar-refractivity contribution in [3.63, 3.8) is 0 Å². The number of rotatable bonds is 6. The van der Waals surface area contributed by atoms with Crippen LogP contribution in [0.15, 0.2) is 53.9 Å². The minimum atomic E-state index is -0.341. The number of ether oxygens (including phenoxy) is 1. The zero-order valence-corrected chi connectivity index (χ0v) is 16.5. The van der Waals surface area contributed by atoms with Gasteiger partial charge in [0.25, 0.3) is 0 Å². The Morgan fingerprint density at radius 3 is 2.93 bits per heavy atom. The van der Waals surface area contributed by atoms with E-state index in [-0.39, 0.29) is 11.8 Å². The predicted molar refractivity (Wildman–Crippen MR) is 113 cm³/mol. The van der Waals surface area contributed by atoms with Gasteiger partial charge in [-0.2, -0.15) is 5.10 Å². The summed E-state index contributed by atoms with van der Waals surface area (Å²) in [5.74, 6) is 0.673. The lowest BCUT2D eigenvalue weighted by Gasteiger charge is -2.09. The summed E-state index contributed by atoms with van der Waals surface area (Å²) in [6, 6.07) is 13.6. The molecule has 2 aromatic heterocycles. The van der Waals surface area contributed by atoms with Gasteiger partial charge in [-0.25, -0.2) is 9.18 Å². The summed E-state index contributed by atoms with van der Waals surface area (Å²) in [7, 11) is 1.55. The van der Waals surface area contributed by atoms with Crippen molar-refractivity contribution in [3.05, 3.63) is 64.6 Å². The number of H-pyrrole nitrogens is 1. The molecule has 0 radical (unpaired) electrons.